The zero-order chi connectivity index (χ0) is 23.8. The molecule has 0 aliphatic heterocycles. The predicted molar refractivity (Wildman–Crippen MR) is 83.0 cm³/mol. The first kappa shape index (κ1) is 26.4. The largest absolute Gasteiger partial charge is 0.453 e. The molecule has 0 spiro atoms. The molecule has 1 N–H and O–H groups in total. The van der Waals surface area contributed by atoms with Gasteiger partial charge in [0.2, 0.25) is 0 Å². The summed E-state index contributed by atoms with van der Waals surface area (Å²) in [4.78, 5) is 0. The van der Waals surface area contributed by atoms with Crippen molar-refractivity contribution in [2.45, 2.75) is 56.2 Å². The Balaban J connectivity index is 4.03. The average Bonchev–Trinajstić information content (AvgIpc) is 2.58. The molecule has 0 heterocycles. The molecule has 3 nitrogen and oxygen atoms in total. The Morgan fingerprint density at radius 2 is 1.30 bits per heavy atom. The third kappa shape index (κ3) is 4.67. The van der Waals surface area contributed by atoms with Gasteiger partial charge in [-0.05, 0) is 30.0 Å². The summed E-state index contributed by atoms with van der Waals surface area (Å²) in [6, 6.07) is 0.315. The van der Waals surface area contributed by atoms with Crippen molar-refractivity contribution in [1.29, 1.82) is 0 Å². The maximum Gasteiger partial charge on any atom is 0.453 e. The smallest absolute Gasteiger partial charge is 0.359 e. The van der Waals surface area contributed by atoms with Crippen LogP contribution in [0.5, 0.6) is 0 Å². The van der Waals surface area contributed by atoms with Crippen LogP contribution in [-0.4, -0.2) is 37.5 Å². The van der Waals surface area contributed by atoms with Crippen molar-refractivity contribution in [3.05, 3.63) is 34.9 Å². The molecule has 0 aliphatic rings. The molecule has 0 aromatic heterocycles. The average molecular weight is 460 g/mol. The minimum absolute atomic E-state index is 0.0730. The zero-order valence-corrected chi connectivity index (χ0v) is 15.8. The van der Waals surface area contributed by atoms with Gasteiger partial charge in [-0.2, -0.15) is 43.9 Å². The van der Waals surface area contributed by atoms with Gasteiger partial charge in [-0.3, -0.25) is 0 Å². The molecule has 2 unspecified atom stereocenters. The third-order valence-corrected chi connectivity index (χ3v) is 4.49. The molecule has 1 aromatic rings. The summed E-state index contributed by atoms with van der Waals surface area (Å²) in [5, 5.41) is 9.25. The van der Waals surface area contributed by atoms with E-state index in [1.165, 1.54) is 13.8 Å². The molecule has 1 aromatic carbocycles. The van der Waals surface area contributed by atoms with Crippen molar-refractivity contribution in [2.24, 2.45) is 0 Å². The Bertz CT molecular complexity index is 708. The molecule has 0 bridgehead atoms. The molecule has 30 heavy (non-hydrogen) atoms. The summed E-state index contributed by atoms with van der Waals surface area (Å²) in [7, 11) is 0.725. The van der Waals surface area contributed by atoms with Gasteiger partial charge >= 0.3 is 24.4 Å². The first-order chi connectivity index (χ1) is 13.4. The van der Waals surface area contributed by atoms with E-state index in [2.05, 4.69) is 9.47 Å². The van der Waals surface area contributed by atoms with Crippen LogP contribution in [0.25, 0.3) is 0 Å². The fraction of sp³-hybridized carbons (Fsp3) is 0.647. The fourth-order valence-corrected chi connectivity index (χ4v) is 2.61. The summed E-state index contributed by atoms with van der Waals surface area (Å²) >= 11 is 0. The molecule has 1 rings (SSSR count). The van der Waals surface area contributed by atoms with E-state index in [-0.39, 0.29) is 12.5 Å². The van der Waals surface area contributed by atoms with Gasteiger partial charge in [0, 0.05) is 18.2 Å². The van der Waals surface area contributed by atoms with E-state index >= 15 is 0 Å². The Labute approximate surface area is 164 Å². The van der Waals surface area contributed by atoms with E-state index in [9.17, 15) is 49.0 Å². The van der Waals surface area contributed by atoms with Crippen LogP contribution in [-0.2, 0) is 20.9 Å². The number of ether oxygens (including phenoxy) is 2. The SMILES string of the molecule is CCC(C)c1cc(C(O)(F)C(F)(F)F)cc(C(OCOC)(C(F)(F)F)C(F)(F)F)c1. The maximum atomic E-state index is 14.1. The van der Waals surface area contributed by atoms with Crippen molar-refractivity contribution in [1.82, 2.24) is 0 Å². The Morgan fingerprint density at radius 1 is 0.833 bits per heavy atom. The molecular weight excluding hydrogens is 442 g/mol. The van der Waals surface area contributed by atoms with Crippen LogP contribution in [0.4, 0.5) is 43.9 Å². The second-order valence-electron chi connectivity index (χ2n) is 6.50. The van der Waals surface area contributed by atoms with Crippen LogP contribution in [0, 0.1) is 0 Å². The number of benzene rings is 1. The minimum atomic E-state index is -6.23. The lowest BCUT2D eigenvalue weighted by molar-refractivity contribution is -0.400. The molecule has 0 amide bonds. The molecule has 0 radical (unpaired) electrons. The molecule has 0 aliphatic carbocycles. The lowest BCUT2D eigenvalue weighted by Gasteiger charge is -2.38. The van der Waals surface area contributed by atoms with E-state index in [1.807, 2.05) is 0 Å². The molecule has 13 heteroatoms. The van der Waals surface area contributed by atoms with Crippen LogP contribution in [0.3, 0.4) is 0 Å². The number of rotatable bonds is 7. The summed E-state index contributed by atoms with van der Waals surface area (Å²) in [5.74, 6) is -6.09. The standard InChI is InChI=1S/C17H18F10O3/c1-4-9(2)10-5-11(7-12(6-10)14(18,28)17(25,26)27)13(15(19,20)21,16(22,23)24)30-8-29-3/h5-7,9,28H,4,8H2,1-3H3. The van der Waals surface area contributed by atoms with E-state index in [0.717, 1.165) is 7.11 Å². The number of aliphatic hydroxyl groups is 1. The van der Waals surface area contributed by atoms with Crippen molar-refractivity contribution in [3.8, 4) is 0 Å². The highest BCUT2D eigenvalue weighted by molar-refractivity contribution is 5.40. The maximum absolute atomic E-state index is 14.1. The zero-order valence-electron chi connectivity index (χ0n) is 15.8. The summed E-state index contributed by atoms with van der Waals surface area (Å²) in [5.41, 5.74) is -9.37. The first-order valence-electron chi connectivity index (χ1n) is 8.27. The second kappa shape index (κ2) is 8.50. The molecule has 0 saturated heterocycles. The highest BCUT2D eigenvalue weighted by atomic mass is 19.4. The van der Waals surface area contributed by atoms with Crippen LogP contribution in [0.1, 0.15) is 42.9 Å². The highest BCUT2D eigenvalue weighted by Gasteiger charge is 2.74. The van der Waals surface area contributed by atoms with E-state index in [0.29, 0.717) is 12.1 Å². The van der Waals surface area contributed by atoms with Crippen molar-refractivity contribution in [2.75, 3.05) is 13.9 Å². The summed E-state index contributed by atoms with van der Waals surface area (Å²) in [6.07, 6.45) is -18.4. The van der Waals surface area contributed by atoms with Gasteiger partial charge < -0.3 is 14.6 Å². The Hall–Kier alpha value is -1.60. The van der Waals surface area contributed by atoms with Crippen molar-refractivity contribution >= 4 is 0 Å². The quantitative estimate of drug-likeness (QED) is 0.412. The van der Waals surface area contributed by atoms with Gasteiger partial charge in [0.25, 0.3) is 5.60 Å². The van der Waals surface area contributed by atoms with Crippen LogP contribution < -0.4 is 0 Å². The van der Waals surface area contributed by atoms with Gasteiger partial charge in [0.15, 0.2) is 0 Å². The van der Waals surface area contributed by atoms with E-state index in [4.69, 9.17) is 0 Å². The molecule has 0 fully saturated rings. The van der Waals surface area contributed by atoms with Gasteiger partial charge in [-0.25, -0.2) is 0 Å². The Morgan fingerprint density at radius 3 is 1.67 bits per heavy atom. The van der Waals surface area contributed by atoms with Crippen LogP contribution in [0.2, 0.25) is 0 Å². The monoisotopic (exact) mass is 460 g/mol. The van der Waals surface area contributed by atoms with Gasteiger partial charge in [0.1, 0.15) is 6.79 Å². The third-order valence-electron chi connectivity index (χ3n) is 4.49. The minimum Gasteiger partial charge on any atom is -0.359 e. The number of alkyl halides is 10. The highest BCUT2D eigenvalue weighted by Crippen LogP contribution is 2.54. The van der Waals surface area contributed by atoms with Gasteiger partial charge in [-0.1, -0.05) is 19.9 Å². The predicted octanol–water partition coefficient (Wildman–Crippen LogP) is 5.82. The van der Waals surface area contributed by atoms with Gasteiger partial charge in [0.05, 0.1) is 0 Å². The number of methoxy groups -OCH3 is 1. The second-order valence-corrected chi connectivity index (χ2v) is 6.50. The Kier molecular flexibility index (Phi) is 7.49. The number of hydrogen-bond donors (Lipinski definition) is 1. The van der Waals surface area contributed by atoms with E-state index in [1.54, 1.807) is 0 Å². The topological polar surface area (TPSA) is 38.7 Å². The molecule has 0 saturated carbocycles. The van der Waals surface area contributed by atoms with Crippen molar-refractivity contribution < 1.29 is 58.5 Å². The van der Waals surface area contributed by atoms with Crippen molar-refractivity contribution in [3.63, 3.8) is 0 Å². The summed E-state index contributed by atoms with van der Waals surface area (Å²) in [6.45, 7) is 1.19. The number of halogens is 10. The lowest BCUT2D eigenvalue weighted by atomic mass is 9.84. The van der Waals surface area contributed by atoms with Crippen LogP contribution >= 0.6 is 0 Å². The molecular formula is C17H18F10O3. The fourth-order valence-electron chi connectivity index (χ4n) is 2.61. The van der Waals surface area contributed by atoms with E-state index < -0.39 is 59.4 Å². The lowest BCUT2D eigenvalue weighted by Crippen LogP contribution is -2.56. The molecule has 174 valence electrons. The molecule has 2 atom stereocenters. The number of hydrogen-bond acceptors (Lipinski definition) is 3. The summed E-state index contributed by atoms with van der Waals surface area (Å²) < 4.78 is 143. The van der Waals surface area contributed by atoms with Crippen LogP contribution in [0.15, 0.2) is 18.2 Å². The first-order valence-corrected chi connectivity index (χ1v) is 8.27. The van der Waals surface area contributed by atoms with Gasteiger partial charge in [-0.15, -0.1) is 0 Å². The normalized spacial score (nSPS) is 17.0.